The number of aliphatic hydroxyl groups is 1. The highest BCUT2D eigenvalue weighted by atomic mass is 35.5. The summed E-state index contributed by atoms with van der Waals surface area (Å²) >= 11 is 12.0. The number of alkyl halides is 3. The maximum absolute atomic E-state index is 13.9. The number of benzene rings is 2. The van der Waals surface area contributed by atoms with Crippen LogP contribution in [0.5, 0.6) is 0 Å². The third-order valence-corrected chi connectivity index (χ3v) is 6.70. The smallest absolute Gasteiger partial charge is 0.391 e. The first-order chi connectivity index (χ1) is 14.5. The molecule has 0 aromatic heterocycles. The van der Waals surface area contributed by atoms with Crippen molar-refractivity contribution in [1.29, 1.82) is 0 Å². The van der Waals surface area contributed by atoms with Crippen LogP contribution in [-0.2, 0) is 4.79 Å². The lowest BCUT2D eigenvalue weighted by Crippen LogP contribution is -2.48. The molecule has 31 heavy (non-hydrogen) atoms. The van der Waals surface area contributed by atoms with E-state index in [0.29, 0.717) is 11.1 Å². The number of rotatable bonds is 2. The van der Waals surface area contributed by atoms with Gasteiger partial charge in [-0.1, -0.05) is 35.3 Å². The fourth-order valence-corrected chi connectivity index (χ4v) is 4.64. The van der Waals surface area contributed by atoms with Crippen LogP contribution in [0.1, 0.15) is 31.2 Å². The fourth-order valence-electron chi connectivity index (χ4n) is 4.31. The van der Waals surface area contributed by atoms with Gasteiger partial charge < -0.3 is 10.4 Å². The maximum atomic E-state index is 13.9. The minimum absolute atomic E-state index is 0.0298. The molecule has 4 rings (SSSR count). The van der Waals surface area contributed by atoms with E-state index in [9.17, 15) is 27.5 Å². The van der Waals surface area contributed by atoms with Gasteiger partial charge in [-0.3, -0.25) is 4.79 Å². The van der Waals surface area contributed by atoms with Crippen LogP contribution in [0.3, 0.4) is 0 Å². The molecule has 0 bridgehead atoms. The van der Waals surface area contributed by atoms with Crippen molar-refractivity contribution < 1.29 is 27.5 Å². The lowest BCUT2D eigenvalue weighted by molar-refractivity contribution is -0.184. The van der Waals surface area contributed by atoms with Crippen molar-refractivity contribution in [2.45, 2.75) is 37.4 Å². The van der Waals surface area contributed by atoms with Gasteiger partial charge in [-0.15, -0.1) is 0 Å². The molecule has 3 nitrogen and oxygen atoms in total. The van der Waals surface area contributed by atoms with E-state index in [4.69, 9.17) is 23.2 Å². The minimum atomic E-state index is -4.31. The zero-order valence-corrected chi connectivity index (χ0v) is 17.5. The summed E-state index contributed by atoms with van der Waals surface area (Å²) in [7, 11) is 0. The Morgan fingerprint density at radius 1 is 1.00 bits per heavy atom. The Labute approximate surface area is 185 Å². The second-order valence-corrected chi connectivity index (χ2v) is 8.71. The van der Waals surface area contributed by atoms with E-state index in [0.717, 1.165) is 0 Å². The Kier molecular flexibility index (Phi) is 5.46. The molecular formula is C22H17Cl2F4NO2. The van der Waals surface area contributed by atoms with Crippen molar-refractivity contribution in [2.24, 2.45) is 5.92 Å². The fraction of sp³-hybridized carbons (Fsp3) is 0.318. The van der Waals surface area contributed by atoms with Gasteiger partial charge in [-0.05, 0) is 61.1 Å². The van der Waals surface area contributed by atoms with Crippen LogP contribution in [-0.4, -0.2) is 22.7 Å². The van der Waals surface area contributed by atoms with Gasteiger partial charge in [0.25, 0.3) is 5.91 Å². The molecule has 0 atom stereocenters. The van der Waals surface area contributed by atoms with Crippen molar-refractivity contribution in [3.63, 3.8) is 0 Å². The average Bonchev–Trinajstić information content (AvgIpc) is 2.94. The standard InChI is InChI=1S/C22H17Cl2F4NO2/c23-15-3-1-11(12-2-4-16(24)17(25)10-12)9-14(15)18-19(30)21(29-20(18)31)7-5-13(6-8-21)22(26,27)28/h1-4,9-10,13,30H,5-8H2,(H,29,31). The zero-order chi connectivity index (χ0) is 22.6. The minimum Gasteiger partial charge on any atom is -0.509 e. The molecule has 1 saturated carbocycles. The molecule has 1 heterocycles. The summed E-state index contributed by atoms with van der Waals surface area (Å²) in [5, 5.41) is 13.7. The van der Waals surface area contributed by atoms with E-state index < -0.39 is 29.4 Å². The second-order valence-electron chi connectivity index (χ2n) is 7.90. The van der Waals surface area contributed by atoms with Crippen LogP contribution in [0.15, 0.2) is 42.2 Å². The molecule has 1 spiro atoms. The van der Waals surface area contributed by atoms with Crippen molar-refractivity contribution in [3.8, 4) is 11.1 Å². The largest absolute Gasteiger partial charge is 0.509 e. The molecule has 9 heteroatoms. The molecule has 2 N–H and O–H groups in total. The van der Waals surface area contributed by atoms with Gasteiger partial charge >= 0.3 is 6.18 Å². The summed E-state index contributed by atoms with van der Waals surface area (Å²) in [6, 6.07) is 8.91. The molecule has 0 unspecified atom stereocenters. The van der Waals surface area contributed by atoms with Gasteiger partial charge in [0, 0.05) is 10.6 Å². The molecule has 164 valence electrons. The number of amides is 1. The van der Waals surface area contributed by atoms with E-state index in [1.807, 2.05) is 0 Å². The van der Waals surface area contributed by atoms with Gasteiger partial charge in [0.1, 0.15) is 11.6 Å². The zero-order valence-electron chi connectivity index (χ0n) is 16.0. The van der Waals surface area contributed by atoms with Gasteiger partial charge in [0.2, 0.25) is 0 Å². The number of aliphatic hydroxyl groups excluding tert-OH is 1. The monoisotopic (exact) mass is 473 g/mol. The molecule has 1 fully saturated rings. The maximum Gasteiger partial charge on any atom is 0.391 e. The van der Waals surface area contributed by atoms with Crippen molar-refractivity contribution in [2.75, 3.05) is 0 Å². The number of hydrogen-bond acceptors (Lipinski definition) is 2. The predicted molar refractivity (Wildman–Crippen MR) is 110 cm³/mol. The summed E-state index contributed by atoms with van der Waals surface area (Å²) < 4.78 is 53.0. The number of carbonyl (C=O) groups is 1. The summed E-state index contributed by atoms with van der Waals surface area (Å²) in [6.07, 6.45) is -4.76. The highest BCUT2D eigenvalue weighted by Crippen LogP contribution is 2.47. The number of halogens is 6. The number of hydrogen-bond donors (Lipinski definition) is 2. The average molecular weight is 474 g/mol. The molecule has 0 saturated heterocycles. The molecule has 1 amide bonds. The SMILES string of the molecule is O=C1NC2(CCC(C(F)(F)F)CC2)C(O)=C1c1cc(-c2ccc(Cl)c(F)c2)ccc1Cl. The van der Waals surface area contributed by atoms with Gasteiger partial charge in [0.15, 0.2) is 0 Å². The third-order valence-electron chi connectivity index (χ3n) is 6.06. The van der Waals surface area contributed by atoms with E-state index >= 15 is 0 Å². The Morgan fingerprint density at radius 2 is 1.58 bits per heavy atom. The molecule has 2 aromatic rings. The van der Waals surface area contributed by atoms with Crippen molar-refractivity contribution in [3.05, 3.63) is 63.6 Å². The summed E-state index contributed by atoms with van der Waals surface area (Å²) in [6.45, 7) is 0. The summed E-state index contributed by atoms with van der Waals surface area (Å²) in [5.74, 6) is -2.99. The van der Waals surface area contributed by atoms with Gasteiger partial charge in [-0.2, -0.15) is 13.2 Å². The van der Waals surface area contributed by atoms with Crippen LogP contribution in [0.25, 0.3) is 16.7 Å². The third kappa shape index (κ3) is 3.89. The first-order valence-corrected chi connectivity index (χ1v) is 10.4. The van der Waals surface area contributed by atoms with Gasteiger partial charge in [0.05, 0.1) is 22.1 Å². The lowest BCUT2D eigenvalue weighted by Gasteiger charge is -2.37. The second kappa shape index (κ2) is 7.71. The molecule has 1 aliphatic heterocycles. The Bertz CT molecular complexity index is 1090. The van der Waals surface area contributed by atoms with Crippen LogP contribution >= 0.6 is 23.2 Å². The Balaban J connectivity index is 1.72. The molecule has 0 radical (unpaired) electrons. The highest BCUT2D eigenvalue weighted by Gasteiger charge is 2.52. The van der Waals surface area contributed by atoms with Gasteiger partial charge in [-0.25, -0.2) is 4.39 Å². The predicted octanol–water partition coefficient (Wildman–Crippen LogP) is 6.69. The highest BCUT2D eigenvalue weighted by molar-refractivity contribution is 6.36. The summed E-state index contributed by atoms with van der Waals surface area (Å²) in [4.78, 5) is 12.7. The van der Waals surface area contributed by atoms with Crippen molar-refractivity contribution in [1.82, 2.24) is 5.32 Å². The topological polar surface area (TPSA) is 49.3 Å². The van der Waals surface area contributed by atoms with E-state index in [1.165, 1.54) is 24.3 Å². The molecule has 1 aliphatic carbocycles. The quantitative estimate of drug-likeness (QED) is 0.477. The van der Waals surface area contributed by atoms with Crippen LogP contribution < -0.4 is 5.32 Å². The number of nitrogens with one attached hydrogen (secondary N) is 1. The number of carbonyl (C=O) groups excluding carboxylic acids is 1. The van der Waals surface area contributed by atoms with E-state index in [-0.39, 0.29) is 52.6 Å². The first-order valence-electron chi connectivity index (χ1n) is 9.60. The Hall–Kier alpha value is -2.25. The van der Waals surface area contributed by atoms with Crippen molar-refractivity contribution >= 4 is 34.7 Å². The molecule has 2 aliphatic rings. The van der Waals surface area contributed by atoms with Crippen LogP contribution in [0, 0.1) is 11.7 Å². The van der Waals surface area contributed by atoms with Crippen LogP contribution in [0.2, 0.25) is 10.0 Å². The lowest BCUT2D eigenvalue weighted by atomic mass is 9.75. The van der Waals surface area contributed by atoms with E-state index in [2.05, 4.69) is 5.32 Å². The normalized spacial score (nSPS) is 24.1. The Morgan fingerprint density at radius 3 is 2.16 bits per heavy atom. The molecule has 2 aromatic carbocycles. The first kappa shape index (κ1) is 22.0. The molecular weight excluding hydrogens is 457 g/mol. The summed E-state index contributed by atoms with van der Waals surface area (Å²) in [5.41, 5.74) is -0.0746. The van der Waals surface area contributed by atoms with E-state index in [1.54, 1.807) is 12.1 Å². The van der Waals surface area contributed by atoms with Crippen LogP contribution in [0.4, 0.5) is 17.6 Å².